The largest absolute Gasteiger partial charge is 0.481 e. The van der Waals surface area contributed by atoms with E-state index >= 15 is 0 Å². The van der Waals surface area contributed by atoms with Gasteiger partial charge in [-0.2, -0.15) is 9.97 Å². The zero-order valence-corrected chi connectivity index (χ0v) is 11.1. The molecule has 0 unspecified atom stereocenters. The van der Waals surface area contributed by atoms with Crippen molar-refractivity contribution in [3.63, 3.8) is 0 Å². The summed E-state index contributed by atoms with van der Waals surface area (Å²) in [5, 5.41) is 3.18. The molecule has 1 aliphatic carbocycles. The first-order chi connectivity index (χ1) is 8.72. The normalized spacial score (nSPS) is 14.7. The van der Waals surface area contributed by atoms with Crippen molar-refractivity contribution < 1.29 is 9.47 Å². The van der Waals surface area contributed by atoms with Crippen molar-refractivity contribution in [2.45, 2.75) is 18.9 Å². The molecule has 1 saturated carbocycles. The summed E-state index contributed by atoms with van der Waals surface area (Å²) in [5.41, 5.74) is 0. The zero-order valence-electron chi connectivity index (χ0n) is 11.1. The lowest BCUT2D eigenvalue weighted by atomic mass is 10.5. The van der Waals surface area contributed by atoms with E-state index in [2.05, 4.69) is 27.2 Å². The molecule has 0 saturated heterocycles. The van der Waals surface area contributed by atoms with Gasteiger partial charge in [-0.15, -0.1) is 0 Å². The summed E-state index contributed by atoms with van der Waals surface area (Å²) < 4.78 is 10.2. The van der Waals surface area contributed by atoms with Crippen LogP contribution in [0.2, 0.25) is 0 Å². The first-order valence-corrected chi connectivity index (χ1v) is 6.14. The Morgan fingerprint density at radius 3 is 2.39 bits per heavy atom. The predicted molar refractivity (Wildman–Crippen MR) is 69.3 cm³/mol. The fourth-order valence-corrected chi connectivity index (χ4v) is 1.73. The van der Waals surface area contributed by atoms with E-state index in [1.165, 1.54) is 12.8 Å². The highest BCUT2D eigenvalue weighted by molar-refractivity contribution is 5.33. The number of hydrogen-bond donors (Lipinski definition) is 1. The molecule has 0 spiro atoms. The lowest BCUT2D eigenvalue weighted by Crippen LogP contribution is -2.27. The van der Waals surface area contributed by atoms with Gasteiger partial charge in [0.1, 0.15) is 0 Å². The first kappa shape index (κ1) is 12.9. The van der Waals surface area contributed by atoms with Crippen LogP contribution in [0.5, 0.6) is 11.8 Å². The van der Waals surface area contributed by atoms with Crippen molar-refractivity contribution >= 4 is 5.95 Å². The molecule has 0 aliphatic heterocycles. The van der Waals surface area contributed by atoms with E-state index in [-0.39, 0.29) is 0 Å². The number of hydrogen-bond acceptors (Lipinski definition) is 6. The van der Waals surface area contributed by atoms with Crippen molar-refractivity contribution in [3.05, 3.63) is 6.07 Å². The number of anilines is 1. The molecule has 0 radical (unpaired) electrons. The van der Waals surface area contributed by atoms with Gasteiger partial charge >= 0.3 is 0 Å². The molecule has 1 aromatic heterocycles. The average molecular weight is 252 g/mol. The quantitative estimate of drug-likeness (QED) is 0.781. The summed E-state index contributed by atoms with van der Waals surface area (Å²) in [4.78, 5) is 10.8. The van der Waals surface area contributed by atoms with E-state index in [4.69, 9.17) is 9.47 Å². The maximum absolute atomic E-state index is 5.09. The molecule has 6 heteroatoms. The van der Waals surface area contributed by atoms with Gasteiger partial charge in [-0.05, 0) is 19.9 Å². The number of likely N-dealkylation sites (N-methyl/N-ethyl adjacent to an activating group) is 1. The molecule has 6 nitrogen and oxygen atoms in total. The number of nitrogens with zero attached hydrogens (tertiary/aromatic N) is 3. The molecule has 0 atom stereocenters. The number of nitrogens with one attached hydrogen (secondary N) is 1. The van der Waals surface area contributed by atoms with Crippen molar-refractivity contribution in [2.24, 2.45) is 0 Å². The number of methoxy groups -OCH3 is 2. The van der Waals surface area contributed by atoms with Crippen LogP contribution in [0.3, 0.4) is 0 Å². The van der Waals surface area contributed by atoms with Crippen LogP contribution in [0.4, 0.5) is 5.95 Å². The lowest BCUT2D eigenvalue weighted by molar-refractivity contribution is 0.336. The van der Waals surface area contributed by atoms with Crippen LogP contribution in [0.1, 0.15) is 12.8 Å². The minimum absolute atomic E-state index is 0.500. The minimum Gasteiger partial charge on any atom is -0.481 e. The summed E-state index contributed by atoms with van der Waals surface area (Å²) in [7, 11) is 5.30. The minimum atomic E-state index is 0.500. The van der Waals surface area contributed by atoms with E-state index in [1.807, 2.05) is 0 Å². The third-order valence-corrected chi connectivity index (χ3v) is 3.02. The molecular weight excluding hydrogens is 232 g/mol. The van der Waals surface area contributed by atoms with Crippen molar-refractivity contribution in [1.29, 1.82) is 0 Å². The third-order valence-electron chi connectivity index (χ3n) is 3.02. The topological polar surface area (TPSA) is 59.5 Å². The molecule has 0 amide bonds. The smallest absolute Gasteiger partial charge is 0.229 e. The number of aromatic nitrogens is 2. The number of rotatable bonds is 7. The van der Waals surface area contributed by atoms with E-state index < -0.39 is 0 Å². The number of ether oxygens (including phenoxy) is 2. The highest BCUT2D eigenvalue weighted by atomic mass is 16.5. The molecular formula is C12H20N4O2. The summed E-state index contributed by atoms with van der Waals surface area (Å²) in [5.74, 6) is 1.54. The molecule has 1 aliphatic rings. The summed E-state index contributed by atoms with van der Waals surface area (Å²) in [6.45, 7) is 1.79. The molecule has 100 valence electrons. The Bertz CT molecular complexity index is 373. The third kappa shape index (κ3) is 3.46. The molecule has 0 bridgehead atoms. The molecule has 0 aromatic carbocycles. The second-order valence-electron chi connectivity index (χ2n) is 4.41. The first-order valence-electron chi connectivity index (χ1n) is 6.14. The molecule has 1 N–H and O–H groups in total. The maximum atomic E-state index is 5.09. The maximum Gasteiger partial charge on any atom is 0.229 e. The Morgan fingerprint density at radius 1 is 1.28 bits per heavy atom. The fraction of sp³-hybridized carbons (Fsp3) is 0.667. The van der Waals surface area contributed by atoms with E-state index in [9.17, 15) is 0 Å². The second-order valence-corrected chi connectivity index (χ2v) is 4.41. The van der Waals surface area contributed by atoms with Gasteiger partial charge in [0.05, 0.1) is 20.3 Å². The Labute approximate surface area is 107 Å². The molecule has 1 fully saturated rings. The molecule has 1 heterocycles. The van der Waals surface area contributed by atoms with Crippen LogP contribution in [0.25, 0.3) is 0 Å². The van der Waals surface area contributed by atoms with Crippen LogP contribution in [-0.4, -0.2) is 55.3 Å². The van der Waals surface area contributed by atoms with Crippen LogP contribution in [-0.2, 0) is 0 Å². The van der Waals surface area contributed by atoms with E-state index in [0.29, 0.717) is 17.7 Å². The van der Waals surface area contributed by atoms with E-state index in [1.54, 1.807) is 20.3 Å². The van der Waals surface area contributed by atoms with Crippen molar-refractivity contribution in [3.8, 4) is 11.8 Å². The van der Waals surface area contributed by atoms with Gasteiger partial charge in [0.25, 0.3) is 0 Å². The summed E-state index contributed by atoms with van der Waals surface area (Å²) >= 11 is 0. The summed E-state index contributed by atoms with van der Waals surface area (Å²) in [6, 6.07) is 2.43. The van der Waals surface area contributed by atoms with Gasteiger partial charge in [0, 0.05) is 19.1 Å². The zero-order chi connectivity index (χ0) is 13.0. The Hall–Kier alpha value is -1.56. The van der Waals surface area contributed by atoms with Gasteiger partial charge in [-0.1, -0.05) is 0 Å². The highest BCUT2D eigenvalue weighted by Gasteiger charge is 2.25. The molecule has 1 aromatic rings. The molecule has 18 heavy (non-hydrogen) atoms. The van der Waals surface area contributed by atoms with Crippen LogP contribution in [0, 0.1) is 0 Å². The lowest BCUT2D eigenvalue weighted by Gasteiger charge is -2.15. The Balaban J connectivity index is 1.87. The van der Waals surface area contributed by atoms with Gasteiger partial charge in [-0.25, -0.2) is 0 Å². The van der Waals surface area contributed by atoms with E-state index in [0.717, 1.165) is 19.1 Å². The van der Waals surface area contributed by atoms with Gasteiger partial charge in [0.2, 0.25) is 17.7 Å². The highest BCUT2D eigenvalue weighted by Crippen LogP contribution is 2.24. The fourth-order valence-electron chi connectivity index (χ4n) is 1.73. The predicted octanol–water partition coefficient (Wildman–Crippen LogP) is 1.000. The monoisotopic (exact) mass is 252 g/mol. The van der Waals surface area contributed by atoms with Crippen LogP contribution in [0.15, 0.2) is 6.07 Å². The Kier molecular flexibility index (Phi) is 4.19. The van der Waals surface area contributed by atoms with Gasteiger partial charge in [-0.3, -0.25) is 0 Å². The molecule has 2 rings (SSSR count). The standard InChI is InChI=1S/C12H20N4O2/c1-16(9-4-5-9)7-6-13-12-14-10(17-2)8-11(15-12)18-3/h8-9H,4-7H2,1-3H3,(H,13,14,15). The van der Waals surface area contributed by atoms with Crippen molar-refractivity contribution in [2.75, 3.05) is 39.7 Å². The average Bonchev–Trinajstić information content (AvgIpc) is 3.22. The second kappa shape index (κ2) is 5.86. The van der Waals surface area contributed by atoms with Crippen LogP contribution >= 0.6 is 0 Å². The SMILES string of the molecule is COc1cc(OC)nc(NCCN(C)C2CC2)n1. The van der Waals surface area contributed by atoms with Gasteiger partial charge in [0.15, 0.2) is 0 Å². The van der Waals surface area contributed by atoms with Crippen LogP contribution < -0.4 is 14.8 Å². The summed E-state index contributed by atoms with van der Waals surface area (Å²) in [6.07, 6.45) is 2.64. The Morgan fingerprint density at radius 2 is 1.89 bits per heavy atom. The van der Waals surface area contributed by atoms with Crippen molar-refractivity contribution in [1.82, 2.24) is 14.9 Å². The van der Waals surface area contributed by atoms with Gasteiger partial charge < -0.3 is 19.7 Å².